The first-order chi connectivity index (χ1) is 14.0. The molecule has 9 heteroatoms. The van der Waals surface area contributed by atoms with Crippen molar-refractivity contribution < 1.29 is 22.7 Å². The topological polar surface area (TPSA) is 110 Å². The predicted molar refractivity (Wildman–Crippen MR) is 115 cm³/mol. The molecule has 0 fully saturated rings. The van der Waals surface area contributed by atoms with Crippen molar-refractivity contribution in [3.63, 3.8) is 0 Å². The molecule has 3 rings (SSSR count). The third kappa shape index (κ3) is 4.31. The van der Waals surface area contributed by atoms with Crippen LogP contribution >= 0.6 is 0 Å². The van der Waals surface area contributed by atoms with Crippen LogP contribution in [0.25, 0.3) is 11.1 Å². The number of nitrogens with zero attached hydrogens (tertiary/aromatic N) is 2. The van der Waals surface area contributed by atoms with Crippen LogP contribution in [-0.4, -0.2) is 39.1 Å². The van der Waals surface area contributed by atoms with Crippen LogP contribution < -0.4 is 14.9 Å². The van der Waals surface area contributed by atoms with E-state index in [-0.39, 0.29) is 22.9 Å². The van der Waals surface area contributed by atoms with E-state index < -0.39 is 16.1 Å². The van der Waals surface area contributed by atoms with Crippen LogP contribution in [0, 0.1) is 0 Å². The van der Waals surface area contributed by atoms with Gasteiger partial charge in [0.2, 0.25) is 15.9 Å². The van der Waals surface area contributed by atoms with Gasteiger partial charge in [0.05, 0.1) is 28.4 Å². The smallest absolute Gasteiger partial charge is 0.414 e. The van der Waals surface area contributed by atoms with E-state index in [1.54, 1.807) is 43.0 Å². The zero-order chi connectivity index (χ0) is 22.2. The first kappa shape index (κ1) is 21.8. The van der Waals surface area contributed by atoms with Crippen LogP contribution in [0.2, 0.25) is 0 Å². The molecule has 0 radical (unpaired) electrons. The van der Waals surface area contributed by atoms with Crippen molar-refractivity contribution in [2.45, 2.75) is 44.7 Å². The SMILES string of the molecule is CC(=O)N1c2ccc(-c3ccc(S(N)(=O)=O)cc3)cc2N(C(=O)OC(C)C)CC1C. The maximum atomic E-state index is 12.7. The highest BCUT2D eigenvalue weighted by Gasteiger charge is 2.34. The molecule has 0 aliphatic carbocycles. The molecule has 2 N–H and O–H groups in total. The zero-order valence-electron chi connectivity index (χ0n) is 17.3. The summed E-state index contributed by atoms with van der Waals surface area (Å²) in [6.07, 6.45) is -0.765. The Labute approximate surface area is 176 Å². The van der Waals surface area contributed by atoms with E-state index in [4.69, 9.17) is 9.88 Å². The number of rotatable bonds is 3. The Morgan fingerprint density at radius 1 is 1.07 bits per heavy atom. The Morgan fingerprint density at radius 2 is 1.67 bits per heavy atom. The fourth-order valence-corrected chi connectivity index (χ4v) is 4.08. The quantitative estimate of drug-likeness (QED) is 0.803. The maximum Gasteiger partial charge on any atom is 0.414 e. The molecule has 2 aromatic rings. The van der Waals surface area contributed by atoms with E-state index in [1.165, 1.54) is 24.0 Å². The highest BCUT2D eigenvalue weighted by atomic mass is 32.2. The lowest BCUT2D eigenvalue weighted by Crippen LogP contribution is -2.51. The Bertz CT molecular complexity index is 1080. The average Bonchev–Trinajstić information content (AvgIpc) is 2.65. The number of sulfonamides is 1. The van der Waals surface area contributed by atoms with Crippen molar-refractivity contribution in [1.29, 1.82) is 0 Å². The number of nitrogens with two attached hydrogens (primary N) is 1. The average molecular weight is 432 g/mol. The fourth-order valence-electron chi connectivity index (χ4n) is 3.56. The summed E-state index contributed by atoms with van der Waals surface area (Å²) in [4.78, 5) is 28.2. The summed E-state index contributed by atoms with van der Waals surface area (Å²) < 4.78 is 28.4. The van der Waals surface area contributed by atoms with E-state index in [0.29, 0.717) is 17.9 Å². The highest BCUT2D eigenvalue weighted by molar-refractivity contribution is 7.89. The summed E-state index contributed by atoms with van der Waals surface area (Å²) in [7, 11) is -3.78. The molecule has 2 aromatic carbocycles. The lowest BCUT2D eigenvalue weighted by molar-refractivity contribution is -0.117. The first-order valence-corrected chi connectivity index (χ1v) is 11.1. The summed E-state index contributed by atoms with van der Waals surface area (Å²) in [5.74, 6) is -0.120. The standard InChI is InChI=1S/C21H25N3O5S/c1-13(2)29-21(26)23-12-14(3)24(15(4)25)19-10-7-17(11-20(19)23)16-5-8-18(9-6-16)30(22,27)28/h5-11,13-14H,12H2,1-4H3,(H2,22,27,28). The van der Waals surface area contributed by atoms with Gasteiger partial charge in [0, 0.05) is 13.5 Å². The van der Waals surface area contributed by atoms with Gasteiger partial charge in [0.1, 0.15) is 0 Å². The van der Waals surface area contributed by atoms with Gasteiger partial charge in [0.25, 0.3) is 0 Å². The lowest BCUT2D eigenvalue weighted by Gasteiger charge is -2.40. The molecule has 0 saturated heterocycles. The van der Waals surface area contributed by atoms with Crippen LogP contribution in [0.15, 0.2) is 47.4 Å². The maximum absolute atomic E-state index is 12.7. The number of hydrogen-bond acceptors (Lipinski definition) is 5. The minimum atomic E-state index is -3.78. The first-order valence-electron chi connectivity index (χ1n) is 9.54. The van der Waals surface area contributed by atoms with Gasteiger partial charge in [-0.1, -0.05) is 18.2 Å². The molecule has 0 aromatic heterocycles. The van der Waals surface area contributed by atoms with Gasteiger partial charge in [-0.3, -0.25) is 9.69 Å². The van der Waals surface area contributed by atoms with E-state index in [9.17, 15) is 18.0 Å². The fraction of sp³-hybridized carbons (Fsp3) is 0.333. The number of anilines is 2. The van der Waals surface area contributed by atoms with Crippen molar-refractivity contribution in [3.8, 4) is 11.1 Å². The highest BCUT2D eigenvalue weighted by Crippen LogP contribution is 2.39. The number of carbonyl (C=O) groups excluding carboxylic acids is 2. The molecular weight excluding hydrogens is 406 g/mol. The molecule has 1 aliphatic rings. The third-order valence-corrected chi connectivity index (χ3v) is 5.75. The van der Waals surface area contributed by atoms with E-state index in [1.807, 2.05) is 13.0 Å². The van der Waals surface area contributed by atoms with Crippen LogP contribution in [0.1, 0.15) is 27.7 Å². The molecular formula is C21H25N3O5S. The Kier molecular flexibility index (Phi) is 5.87. The zero-order valence-corrected chi connectivity index (χ0v) is 18.1. The largest absolute Gasteiger partial charge is 0.446 e. The van der Waals surface area contributed by atoms with Crippen molar-refractivity contribution >= 4 is 33.4 Å². The second kappa shape index (κ2) is 8.08. The van der Waals surface area contributed by atoms with Gasteiger partial charge in [0.15, 0.2) is 0 Å². The number of benzene rings is 2. The molecule has 160 valence electrons. The summed E-state index contributed by atoms with van der Waals surface area (Å²) in [5.41, 5.74) is 2.68. The van der Waals surface area contributed by atoms with Crippen molar-refractivity contribution in [3.05, 3.63) is 42.5 Å². The van der Waals surface area contributed by atoms with Crippen molar-refractivity contribution in [2.75, 3.05) is 16.3 Å². The lowest BCUT2D eigenvalue weighted by atomic mass is 10.0. The number of primary sulfonamides is 1. The molecule has 2 amide bonds. The predicted octanol–water partition coefficient (Wildman–Crippen LogP) is 3.11. The van der Waals surface area contributed by atoms with Crippen LogP contribution in [0.3, 0.4) is 0 Å². The molecule has 0 bridgehead atoms. The minimum Gasteiger partial charge on any atom is -0.446 e. The molecule has 1 heterocycles. The van der Waals surface area contributed by atoms with Gasteiger partial charge in [-0.15, -0.1) is 0 Å². The van der Waals surface area contributed by atoms with Crippen molar-refractivity contribution in [1.82, 2.24) is 0 Å². The van der Waals surface area contributed by atoms with E-state index in [0.717, 1.165) is 11.1 Å². The van der Waals surface area contributed by atoms with Gasteiger partial charge in [-0.2, -0.15) is 0 Å². The van der Waals surface area contributed by atoms with Gasteiger partial charge >= 0.3 is 6.09 Å². The summed E-state index contributed by atoms with van der Waals surface area (Å²) >= 11 is 0. The molecule has 0 spiro atoms. The number of fused-ring (bicyclic) bond motifs is 1. The van der Waals surface area contributed by atoms with Gasteiger partial charge in [-0.05, 0) is 56.2 Å². The molecule has 1 atom stereocenters. The number of ether oxygens (including phenoxy) is 1. The summed E-state index contributed by atoms with van der Waals surface area (Å²) in [6, 6.07) is 11.3. The number of hydrogen-bond donors (Lipinski definition) is 1. The monoisotopic (exact) mass is 431 g/mol. The molecule has 1 unspecified atom stereocenters. The van der Waals surface area contributed by atoms with Gasteiger partial charge in [-0.25, -0.2) is 18.4 Å². The van der Waals surface area contributed by atoms with Crippen LogP contribution in [0.5, 0.6) is 0 Å². The van der Waals surface area contributed by atoms with Crippen molar-refractivity contribution in [2.24, 2.45) is 5.14 Å². The Hall–Kier alpha value is -2.91. The molecule has 8 nitrogen and oxygen atoms in total. The second-order valence-electron chi connectivity index (χ2n) is 7.55. The summed E-state index contributed by atoms with van der Waals surface area (Å²) in [5, 5.41) is 5.16. The number of carbonyl (C=O) groups is 2. The molecule has 0 saturated carbocycles. The van der Waals surface area contributed by atoms with Gasteiger partial charge < -0.3 is 9.64 Å². The molecule has 1 aliphatic heterocycles. The van der Waals surface area contributed by atoms with E-state index >= 15 is 0 Å². The van der Waals surface area contributed by atoms with Crippen LogP contribution in [-0.2, 0) is 19.6 Å². The second-order valence-corrected chi connectivity index (χ2v) is 9.12. The summed E-state index contributed by atoms with van der Waals surface area (Å²) in [6.45, 7) is 7.21. The normalized spacial score (nSPS) is 16.4. The Morgan fingerprint density at radius 3 is 2.20 bits per heavy atom. The third-order valence-electron chi connectivity index (χ3n) is 4.83. The van der Waals surface area contributed by atoms with Crippen LogP contribution in [0.4, 0.5) is 16.2 Å². The molecule has 30 heavy (non-hydrogen) atoms. The number of amides is 2. The van der Waals surface area contributed by atoms with E-state index in [2.05, 4.69) is 0 Å². The minimum absolute atomic E-state index is 0.0166. The Balaban J connectivity index is 2.08.